The Balaban J connectivity index is 1.21. The number of amides is 1. The van der Waals surface area contributed by atoms with Crippen LogP contribution in [0.2, 0.25) is 0 Å². The molecule has 1 heterocycles. The standard InChI is InChI=1S/C34H37N3O4S/c1-3-26(2)41-31-18-14-29(15-19-31)34(38)35-30-16-20-32(21-17-30)42(39,40)37-24-22-36(23-25-37)33(27-10-6-4-7-11-27)28-12-8-5-9-13-28/h4-21,26,33H,3,22-25H2,1-2H3,(H,35,38). The van der Waals surface area contributed by atoms with Crippen LogP contribution >= 0.6 is 0 Å². The van der Waals surface area contributed by atoms with E-state index in [0.717, 1.165) is 6.42 Å². The molecule has 1 atom stereocenters. The van der Waals surface area contributed by atoms with E-state index in [-0.39, 0.29) is 22.9 Å². The second-order valence-corrected chi connectivity index (χ2v) is 12.4. The molecule has 4 aromatic carbocycles. The molecule has 42 heavy (non-hydrogen) atoms. The van der Waals surface area contributed by atoms with Crippen LogP contribution in [0.25, 0.3) is 0 Å². The van der Waals surface area contributed by atoms with E-state index in [9.17, 15) is 13.2 Å². The van der Waals surface area contributed by atoms with Gasteiger partial charge in [-0.25, -0.2) is 8.42 Å². The average molecular weight is 584 g/mol. The minimum atomic E-state index is -3.67. The number of hydrogen-bond acceptors (Lipinski definition) is 5. The summed E-state index contributed by atoms with van der Waals surface area (Å²) >= 11 is 0. The van der Waals surface area contributed by atoms with E-state index in [2.05, 4.69) is 41.4 Å². The molecule has 4 aromatic rings. The SMILES string of the molecule is CCC(C)Oc1ccc(C(=O)Nc2ccc(S(=O)(=O)N3CCN(C(c4ccccc4)c4ccccc4)CC3)cc2)cc1. The van der Waals surface area contributed by atoms with Gasteiger partial charge in [-0.1, -0.05) is 67.6 Å². The fraction of sp³-hybridized carbons (Fsp3) is 0.265. The summed E-state index contributed by atoms with van der Waals surface area (Å²) in [6, 6.07) is 34.1. The third-order valence-corrected chi connectivity index (χ3v) is 9.56. The molecular weight excluding hydrogens is 546 g/mol. The Morgan fingerprint density at radius 3 is 1.86 bits per heavy atom. The number of anilines is 1. The quantitative estimate of drug-likeness (QED) is 0.240. The molecule has 0 radical (unpaired) electrons. The van der Waals surface area contributed by atoms with Crippen molar-refractivity contribution in [3.63, 3.8) is 0 Å². The first kappa shape index (κ1) is 29.5. The van der Waals surface area contributed by atoms with Crippen molar-refractivity contribution in [1.29, 1.82) is 0 Å². The highest BCUT2D eigenvalue weighted by atomic mass is 32.2. The van der Waals surface area contributed by atoms with Crippen LogP contribution in [0.5, 0.6) is 5.75 Å². The zero-order chi connectivity index (χ0) is 29.5. The number of ether oxygens (including phenoxy) is 1. The zero-order valence-corrected chi connectivity index (χ0v) is 24.8. The van der Waals surface area contributed by atoms with Crippen molar-refractivity contribution in [2.24, 2.45) is 0 Å². The monoisotopic (exact) mass is 583 g/mol. The number of carbonyl (C=O) groups excluding carboxylic acids is 1. The van der Waals surface area contributed by atoms with E-state index in [0.29, 0.717) is 43.2 Å². The van der Waals surface area contributed by atoms with Gasteiger partial charge in [0.2, 0.25) is 10.0 Å². The maximum atomic E-state index is 13.5. The third-order valence-electron chi connectivity index (χ3n) is 7.65. The lowest BCUT2D eigenvalue weighted by atomic mass is 9.96. The Kier molecular flexibility index (Phi) is 9.37. The molecule has 0 aliphatic carbocycles. The smallest absolute Gasteiger partial charge is 0.255 e. The molecule has 1 N–H and O–H groups in total. The van der Waals surface area contributed by atoms with E-state index >= 15 is 0 Å². The summed E-state index contributed by atoms with van der Waals surface area (Å²) in [4.78, 5) is 15.3. The van der Waals surface area contributed by atoms with Crippen molar-refractivity contribution >= 4 is 21.6 Å². The van der Waals surface area contributed by atoms with Crippen molar-refractivity contribution in [1.82, 2.24) is 9.21 Å². The lowest BCUT2D eigenvalue weighted by Crippen LogP contribution is -2.49. The third kappa shape index (κ3) is 6.90. The molecule has 0 aromatic heterocycles. The highest BCUT2D eigenvalue weighted by Crippen LogP contribution is 2.30. The highest BCUT2D eigenvalue weighted by Gasteiger charge is 2.32. The van der Waals surface area contributed by atoms with Crippen molar-refractivity contribution in [3.8, 4) is 5.75 Å². The van der Waals surface area contributed by atoms with Crippen LogP contribution in [0.3, 0.4) is 0 Å². The topological polar surface area (TPSA) is 78.9 Å². The number of nitrogens with zero attached hydrogens (tertiary/aromatic N) is 2. The summed E-state index contributed by atoms with van der Waals surface area (Å²) in [7, 11) is -3.67. The Hall–Kier alpha value is -3.98. The van der Waals surface area contributed by atoms with Crippen LogP contribution in [0.4, 0.5) is 5.69 Å². The van der Waals surface area contributed by atoms with Gasteiger partial charge in [0.1, 0.15) is 5.75 Å². The molecule has 1 aliphatic rings. The lowest BCUT2D eigenvalue weighted by molar-refractivity contribution is 0.102. The summed E-state index contributed by atoms with van der Waals surface area (Å²) in [5, 5.41) is 2.84. The molecule has 8 heteroatoms. The van der Waals surface area contributed by atoms with Crippen molar-refractivity contribution in [2.45, 2.75) is 37.3 Å². The Labute approximate surface area is 248 Å². The molecule has 1 unspecified atom stereocenters. The molecule has 1 amide bonds. The molecule has 218 valence electrons. The second-order valence-electron chi connectivity index (χ2n) is 10.5. The predicted molar refractivity (Wildman–Crippen MR) is 166 cm³/mol. The fourth-order valence-electron chi connectivity index (χ4n) is 5.15. The van der Waals surface area contributed by atoms with E-state index in [1.807, 2.05) is 43.3 Å². The Morgan fingerprint density at radius 2 is 1.33 bits per heavy atom. The van der Waals surface area contributed by atoms with Gasteiger partial charge in [0.25, 0.3) is 5.91 Å². The van der Waals surface area contributed by atoms with Gasteiger partial charge in [0, 0.05) is 37.4 Å². The second kappa shape index (κ2) is 13.3. The summed E-state index contributed by atoms with van der Waals surface area (Å²) in [5.74, 6) is 0.440. The molecule has 1 saturated heterocycles. The summed E-state index contributed by atoms with van der Waals surface area (Å²) in [6.07, 6.45) is 0.997. The number of rotatable bonds is 10. The van der Waals surface area contributed by atoms with Gasteiger partial charge >= 0.3 is 0 Å². The number of sulfonamides is 1. The molecule has 0 spiro atoms. The van der Waals surface area contributed by atoms with Gasteiger partial charge in [-0.15, -0.1) is 0 Å². The summed E-state index contributed by atoms with van der Waals surface area (Å²) in [6.45, 7) is 6.07. The van der Waals surface area contributed by atoms with Gasteiger partial charge in [-0.05, 0) is 73.0 Å². The van der Waals surface area contributed by atoms with Crippen molar-refractivity contribution in [3.05, 3.63) is 126 Å². The highest BCUT2D eigenvalue weighted by molar-refractivity contribution is 7.89. The van der Waals surface area contributed by atoms with Crippen LogP contribution in [0.15, 0.2) is 114 Å². The van der Waals surface area contributed by atoms with E-state index < -0.39 is 10.0 Å². The minimum Gasteiger partial charge on any atom is -0.491 e. The predicted octanol–water partition coefficient (Wildman–Crippen LogP) is 6.21. The minimum absolute atomic E-state index is 0.0591. The van der Waals surface area contributed by atoms with Gasteiger partial charge in [-0.2, -0.15) is 4.31 Å². The molecule has 1 aliphatic heterocycles. The van der Waals surface area contributed by atoms with Crippen LogP contribution in [-0.2, 0) is 10.0 Å². The largest absolute Gasteiger partial charge is 0.491 e. The zero-order valence-electron chi connectivity index (χ0n) is 24.0. The summed E-state index contributed by atoms with van der Waals surface area (Å²) < 4.78 is 34.3. The Bertz CT molecular complexity index is 1510. The first-order valence-electron chi connectivity index (χ1n) is 14.4. The fourth-order valence-corrected chi connectivity index (χ4v) is 6.57. The molecule has 0 bridgehead atoms. The maximum Gasteiger partial charge on any atom is 0.255 e. The van der Waals surface area contributed by atoms with Crippen molar-refractivity contribution < 1.29 is 17.9 Å². The molecule has 0 saturated carbocycles. The first-order valence-corrected chi connectivity index (χ1v) is 15.8. The summed E-state index contributed by atoms with van der Waals surface area (Å²) in [5.41, 5.74) is 3.39. The Morgan fingerprint density at radius 1 is 0.786 bits per heavy atom. The van der Waals surface area contributed by atoms with Crippen LogP contribution in [0, 0.1) is 0 Å². The van der Waals surface area contributed by atoms with E-state index in [1.54, 1.807) is 52.8 Å². The van der Waals surface area contributed by atoms with Crippen LogP contribution in [0.1, 0.15) is 47.8 Å². The molecule has 7 nitrogen and oxygen atoms in total. The number of piperazine rings is 1. The van der Waals surface area contributed by atoms with Gasteiger partial charge in [-0.3, -0.25) is 9.69 Å². The van der Waals surface area contributed by atoms with Gasteiger partial charge in [0.05, 0.1) is 17.0 Å². The van der Waals surface area contributed by atoms with E-state index in [1.165, 1.54) is 11.1 Å². The molecular formula is C34H37N3O4S. The average Bonchev–Trinajstić information content (AvgIpc) is 3.03. The van der Waals surface area contributed by atoms with Gasteiger partial charge < -0.3 is 10.1 Å². The number of hydrogen-bond donors (Lipinski definition) is 1. The normalized spacial score (nSPS) is 15.3. The lowest BCUT2D eigenvalue weighted by Gasteiger charge is -2.39. The number of carbonyl (C=O) groups is 1. The van der Waals surface area contributed by atoms with Crippen LogP contribution in [-0.4, -0.2) is 55.8 Å². The number of nitrogens with one attached hydrogen (secondary N) is 1. The van der Waals surface area contributed by atoms with Crippen LogP contribution < -0.4 is 10.1 Å². The van der Waals surface area contributed by atoms with E-state index in [4.69, 9.17) is 4.74 Å². The first-order chi connectivity index (χ1) is 20.3. The van der Waals surface area contributed by atoms with Crippen molar-refractivity contribution in [2.75, 3.05) is 31.5 Å². The molecule has 5 rings (SSSR count). The maximum absolute atomic E-state index is 13.5. The molecule has 1 fully saturated rings. The van der Waals surface area contributed by atoms with Gasteiger partial charge in [0.15, 0.2) is 0 Å². The number of benzene rings is 4.